The molecule has 1 N–H and O–H groups in total. The zero-order valence-corrected chi connectivity index (χ0v) is 25.2. The first-order chi connectivity index (χ1) is 19.5. The van der Waals surface area contributed by atoms with Gasteiger partial charge in [0.1, 0.15) is 17.9 Å². The van der Waals surface area contributed by atoms with E-state index >= 15 is 0 Å². The van der Waals surface area contributed by atoms with Crippen LogP contribution in [0.2, 0.25) is 10.0 Å². The molecule has 1 saturated heterocycles. The second-order valence-corrected chi connectivity index (χ2v) is 11.2. The Morgan fingerprint density at radius 3 is 2.22 bits per heavy atom. The third kappa shape index (κ3) is 5.93. The van der Waals surface area contributed by atoms with Crippen molar-refractivity contribution < 1.29 is 14.3 Å². The smallest absolute Gasteiger partial charge is 0.270 e. The van der Waals surface area contributed by atoms with E-state index in [1.807, 2.05) is 82.3 Å². The van der Waals surface area contributed by atoms with Crippen LogP contribution < -0.4 is 15.0 Å². The first kappa shape index (κ1) is 28.6. The first-order valence-corrected chi connectivity index (χ1v) is 14.0. The number of nitrogens with one attached hydrogen (secondary N) is 1. The Morgan fingerprint density at radius 1 is 0.878 bits per heavy atom. The van der Waals surface area contributed by atoms with Gasteiger partial charge >= 0.3 is 0 Å². The molecule has 1 aliphatic rings. The van der Waals surface area contributed by atoms with Crippen molar-refractivity contribution in [3.63, 3.8) is 0 Å². The highest BCUT2D eigenvalue weighted by Crippen LogP contribution is 2.28. The molecular weight excluding hydrogens is 577 g/mol. The topological polar surface area (TPSA) is 63.6 Å². The van der Waals surface area contributed by atoms with Gasteiger partial charge < -0.3 is 9.30 Å². The van der Waals surface area contributed by atoms with Gasteiger partial charge in [0.25, 0.3) is 11.8 Å². The maximum Gasteiger partial charge on any atom is 0.270 e. The van der Waals surface area contributed by atoms with Gasteiger partial charge in [-0.3, -0.25) is 19.8 Å². The Bertz CT molecular complexity index is 1720. The van der Waals surface area contributed by atoms with Crippen LogP contribution in [0.25, 0.3) is 11.8 Å². The van der Waals surface area contributed by atoms with E-state index in [4.69, 9.17) is 40.2 Å². The standard InChI is InChI=1S/C32H27Cl2N3O3S/c1-18-11-19(2)13-26(12-18)37-31(39)28(30(38)35-32(37)41)15-23-14-20(3)36(21(23)4)25-7-9-27(10-8-25)40-17-22-5-6-24(33)16-29(22)34/h5-16H,17H2,1-4H3,(H,35,38,41)/b28-15+. The molecule has 1 fully saturated rings. The number of thiocarbonyl (C=S) groups is 1. The maximum atomic E-state index is 13.6. The molecule has 0 spiro atoms. The van der Waals surface area contributed by atoms with Crippen molar-refractivity contribution >= 4 is 64.1 Å². The van der Waals surface area contributed by atoms with Crippen LogP contribution in [-0.4, -0.2) is 21.5 Å². The number of aromatic nitrogens is 1. The molecule has 2 heterocycles. The average Bonchev–Trinajstić information content (AvgIpc) is 3.18. The zero-order valence-electron chi connectivity index (χ0n) is 22.9. The fraction of sp³-hybridized carbons (Fsp3) is 0.156. The van der Waals surface area contributed by atoms with Crippen molar-refractivity contribution in [1.82, 2.24) is 9.88 Å². The number of hydrogen-bond donors (Lipinski definition) is 1. The minimum atomic E-state index is -0.521. The van der Waals surface area contributed by atoms with Crippen LogP contribution in [0.15, 0.2) is 72.3 Å². The summed E-state index contributed by atoms with van der Waals surface area (Å²) >= 11 is 17.6. The van der Waals surface area contributed by atoms with Gasteiger partial charge in [0, 0.05) is 32.7 Å². The number of aryl methyl sites for hydroxylation is 3. The lowest BCUT2D eigenvalue weighted by molar-refractivity contribution is -0.122. The lowest BCUT2D eigenvalue weighted by atomic mass is 10.1. The summed E-state index contributed by atoms with van der Waals surface area (Å²) in [5, 5.41) is 3.86. The lowest BCUT2D eigenvalue weighted by Gasteiger charge is -2.29. The van der Waals surface area contributed by atoms with Crippen molar-refractivity contribution in [3.8, 4) is 11.4 Å². The zero-order chi connectivity index (χ0) is 29.4. The maximum absolute atomic E-state index is 13.6. The van der Waals surface area contributed by atoms with Crippen LogP contribution in [0.5, 0.6) is 5.75 Å². The Labute approximate surface area is 254 Å². The highest BCUT2D eigenvalue weighted by Gasteiger charge is 2.35. The van der Waals surface area contributed by atoms with E-state index in [1.54, 1.807) is 18.2 Å². The summed E-state index contributed by atoms with van der Waals surface area (Å²) in [6, 6.07) is 20.7. The highest BCUT2D eigenvalue weighted by molar-refractivity contribution is 7.80. The van der Waals surface area contributed by atoms with Crippen LogP contribution in [0.3, 0.4) is 0 Å². The Balaban J connectivity index is 1.40. The van der Waals surface area contributed by atoms with Crippen LogP contribution in [0, 0.1) is 27.7 Å². The third-order valence-corrected chi connectivity index (χ3v) is 7.71. The summed E-state index contributed by atoms with van der Waals surface area (Å²) in [5.41, 5.74) is 6.96. The van der Waals surface area contributed by atoms with E-state index in [9.17, 15) is 9.59 Å². The Kier molecular flexibility index (Phi) is 8.04. The van der Waals surface area contributed by atoms with E-state index in [1.165, 1.54) is 4.90 Å². The molecule has 0 unspecified atom stereocenters. The molecule has 4 aromatic rings. The molecule has 0 bridgehead atoms. The van der Waals surface area contributed by atoms with E-state index < -0.39 is 11.8 Å². The predicted molar refractivity (Wildman–Crippen MR) is 168 cm³/mol. The minimum absolute atomic E-state index is 0.0163. The fourth-order valence-corrected chi connectivity index (χ4v) is 5.69. The van der Waals surface area contributed by atoms with Crippen LogP contribution >= 0.6 is 35.4 Å². The summed E-state index contributed by atoms with van der Waals surface area (Å²) in [6.45, 7) is 8.14. The van der Waals surface area contributed by atoms with Crippen molar-refractivity contribution in [1.29, 1.82) is 0 Å². The number of rotatable bonds is 6. The number of carbonyl (C=O) groups excluding carboxylic acids is 2. The van der Waals surface area contributed by atoms with E-state index in [-0.39, 0.29) is 10.7 Å². The fourth-order valence-electron chi connectivity index (χ4n) is 4.95. The third-order valence-electron chi connectivity index (χ3n) is 6.84. The van der Waals surface area contributed by atoms with Crippen LogP contribution in [0.4, 0.5) is 5.69 Å². The quantitative estimate of drug-likeness (QED) is 0.141. The van der Waals surface area contributed by atoms with Crippen LogP contribution in [-0.2, 0) is 16.2 Å². The number of hydrogen-bond acceptors (Lipinski definition) is 4. The molecule has 9 heteroatoms. The highest BCUT2D eigenvalue weighted by atomic mass is 35.5. The number of anilines is 1. The predicted octanol–water partition coefficient (Wildman–Crippen LogP) is 7.43. The summed E-state index contributed by atoms with van der Waals surface area (Å²) in [7, 11) is 0. The van der Waals surface area contributed by atoms with Crippen molar-refractivity contribution in [2.75, 3.05) is 4.90 Å². The molecule has 1 aromatic heterocycles. The van der Waals surface area contributed by atoms with Crippen molar-refractivity contribution in [2.45, 2.75) is 34.3 Å². The summed E-state index contributed by atoms with van der Waals surface area (Å²) in [5.74, 6) is -0.292. The SMILES string of the molecule is Cc1cc(C)cc(N2C(=O)/C(=C/c3cc(C)n(-c4ccc(OCc5ccc(Cl)cc5Cl)cc4)c3C)C(=O)NC2=S)c1. The van der Waals surface area contributed by atoms with Gasteiger partial charge in [-0.15, -0.1) is 0 Å². The van der Waals surface area contributed by atoms with Gasteiger partial charge in [-0.1, -0.05) is 35.3 Å². The number of carbonyl (C=O) groups is 2. The van der Waals surface area contributed by atoms with E-state index in [2.05, 4.69) is 9.88 Å². The van der Waals surface area contributed by atoms with Gasteiger partial charge in [-0.05, 0) is 117 Å². The largest absolute Gasteiger partial charge is 0.489 e. The second-order valence-electron chi connectivity index (χ2n) is 9.98. The molecule has 41 heavy (non-hydrogen) atoms. The number of amides is 2. The van der Waals surface area contributed by atoms with Gasteiger partial charge in [0.15, 0.2) is 5.11 Å². The summed E-state index contributed by atoms with van der Waals surface area (Å²) in [6.07, 6.45) is 1.63. The number of nitrogens with zero attached hydrogens (tertiary/aromatic N) is 2. The Hall–Kier alpha value is -3.91. The molecular formula is C32H27Cl2N3O3S. The minimum Gasteiger partial charge on any atom is -0.489 e. The second kappa shape index (κ2) is 11.5. The van der Waals surface area contributed by atoms with Gasteiger partial charge in [0.05, 0.1) is 5.69 Å². The van der Waals surface area contributed by atoms with Crippen LogP contribution in [0.1, 0.15) is 33.6 Å². The Morgan fingerprint density at radius 2 is 1.56 bits per heavy atom. The molecule has 6 nitrogen and oxygen atoms in total. The number of ether oxygens (including phenoxy) is 1. The number of benzene rings is 3. The summed E-state index contributed by atoms with van der Waals surface area (Å²) in [4.78, 5) is 27.8. The molecule has 5 rings (SSSR count). The molecule has 0 atom stereocenters. The van der Waals surface area contributed by atoms with Crippen molar-refractivity contribution in [3.05, 3.63) is 116 Å². The monoisotopic (exact) mass is 603 g/mol. The molecule has 2 amide bonds. The summed E-state index contributed by atoms with van der Waals surface area (Å²) < 4.78 is 7.98. The molecule has 208 valence electrons. The van der Waals surface area contributed by atoms with Gasteiger partial charge in [0.2, 0.25) is 0 Å². The molecule has 0 aliphatic carbocycles. The normalized spacial score (nSPS) is 14.5. The van der Waals surface area contributed by atoms with E-state index in [0.717, 1.165) is 39.3 Å². The number of halogens is 2. The molecule has 3 aromatic carbocycles. The first-order valence-electron chi connectivity index (χ1n) is 12.9. The molecule has 1 aliphatic heterocycles. The van der Waals surface area contributed by atoms with Crippen molar-refractivity contribution in [2.24, 2.45) is 0 Å². The molecule has 0 radical (unpaired) electrons. The van der Waals surface area contributed by atoms with Gasteiger partial charge in [-0.25, -0.2) is 0 Å². The molecule has 0 saturated carbocycles. The van der Waals surface area contributed by atoms with Gasteiger partial charge in [-0.2, -0.15) is 0 Å². The lowest BCUT2D eigenvalue weighted by Crippen LogP contribution is -2.54. The average molecular weight is 605 g/mol. The van der Waals surface area contributed by atoms with E-state index in [0.29, 0.717) is 28.1 Å².